The molecule has 1 aliphatic heterocycles. The van der Waals surface area contributed by atoms with Gasteiger partial charge in [0.05, 0.1) is 19.3 Å². The van der Waals surface area contributed by atoms with Crippen LogP contribution in [0.3, 0.4) is 0 Å². The molecule has 33 heavy (non-hydrogen) atoms. The van der Waals surface area contributed by atoms with E-state index in [1.54, 1.807) is 0 Å². The Morgan fingerprint density at radius 2 is 2.06 bits per heavy atom. The van der Waals surface area contributed by atoms with E-state index < -0.39 is 0 Å². The molecule has 1 atom stereocenters. The predicted molar refractivity (Wildman–Crippen MR) is 126 cm³/mol. The van der Waals surface area contributed by atoms with Crippen molar-refractivity contribution in [2.24, 2.45) is 0 Å². The molecule has 0 saturated carbocycles. The number of benzene rings is 1. The first kappa shape index (κ1) is 25.0. The average molecular weight is 474 g/mol. The van der Waals surface area contributed by atoms with Crippen molar-refractivity contribution in [1.82, 2.24) is 14.9 Å². The fourth-order valence-corrected chi connectivity index (χ4v) is 4.79. The minimum Gasteiger partial charge on any atom is -0.493 e. The molecule has 2 heterocycles. The van der Waals surface area contributed by atoms with Crippen molar-refractivity contribution in [3.63, 3.8) is 0 Å². The third-order valence-electron chi connectivity index (χ3n) is 6.33. The topological polar surface area (TPSA) is 112 Å². The normalized spacial score (nSPS) is 15.2. The summed E-state index contributed by atoms with van der Waals surface area (Å²) < 4.78 is 6.18. The van der Waals surface area contributed by atoms with Gasteiger partial charge in [0.2, 0.25) is 5.02 Å². The van der Waals surface area contributed by atoms with E-state index in [4.69, 9.17) is 22.1 Å². The molecular weight excluding hydrogens is 440 g/mol. The Bertz CT molecular complexity index is 1030. The maximum absolute atomic E-state index is 9.91. The van der Waals surface area contributed by atoms with E-state index in [-0.39, 0.29) is 24.5 Å². The van der Waals surface area contributed by atoms with E-state index in [9.17, 15) is 10.4 Å². The number of nitriles is 1. The second kappa shape index (κ2) is 10.6. The minimum atomic E-state index is -0.139. The standard InChI is InChI=1S/C24H34ClN6O2/c1-6-33-22-17(15(4)30(5)24-20(14(2)3)23(27)28-13-29-24)9-19(25)18(10-26)21(22)16-11-31(12-16)7-8-32/h9,13-16,25,32H,6-8,11-12H2,1-5H3,(H2,27,28,29)/q+1. The second-order valence-corrected chi connectivity index (χ2v) is 9.18. The highest BCUT2D eigenvalue weighted by Crippen LogP contribution is 2.44. The van der Waals surface area contributed by atoms with E-state index in [2.05, 4.69) is 46.6 Å². The molecule has 1 aromatic carbocycles. The summed E-state index contributed by atoms with van der Waals surface area (Å²) in [4.78, 5) is 12.9. The molecule has 2 aromatic rings. The lowest BCUT2D eigenvalue weighted by molar-refractivity contribution is -0.289. The highest BCUT2D eigenvalue weighted by molar-refractivity contribution is 5.62. The third-order valence-corrected chi connectivity index (χ3v) is 6.65. The molecule has 3 N–H and O–H groups in total. The largest absolute Gasteiger partial charge is 0.493 e. The molecule has 0 radical (unpaired) electrons. The number of hydrogen-bond donors (Lipinski definition) is 2. The molecule has 8 nitrogen and oxygen atoms in total. The summed E-state index contributed by atoms with van der Waals surface area (Å²) in [5.41, 5.74) is 9.40. The SMILES string of the molecule is CCOc1c(C(C)N(C)c2ncnc(N)c2C(C)C)cc([ClH+])c(C#N)c1C1CN(CCO)C1. The Labute approximate surface area is 200 Å². The lowest BCUT2D eigenvalue weighted by Crippen LogP contribution is -2.46. The first-order valence-electron chi connectivity index (χ1n) is 11.3. The molecular formula is C24H34ClN6O2+. The number of nitrogens with two attached hydrogens (primary N) is 1. The zero-order chi connectivity index (χ0) is 24.3. The van der Waals surface area contributed by atoms with Gasteiger partial charge >= 0.3 is 0 Å². The molecule has 1 aliphatic rings. The number of rotatable bonds is 9. The summed E-state index contributed by atoms with van der Waals surface area (Å²) in [6.45, 7) is 10.9. The number of nitrogen functional groups attached to an aromatic ring is 1. The summed E-state index contributed by atoms with van der Waals surface area (Å²) in [5, 5.41) is 19.7. The van der Waals surface area contributed by atoms with Crippen LogP contribution in [0.1, 0.15) is 67.8 Å². The lowest BCUT2D eigenvalue weighted by Gasteiger charge is -2.40. The van der Waals surface area contributed by atoms with Gasteiger partial charge in [-0.15, -0.1) is 0 Å². The fourth-order valence-electron chi connectivity index (χ4n) is 4.50. The van der Waals surface area contributed by atoms with Gasteiger partial charge in [0.15, 0.2) is 11.6 Å². The number of ether oxygens (including phenoxy) is 1. The van der Waals surface area contributed by atoms with Crippen molar-refractivity contribution in [2.45, 2.75) is 45.6 Å². The number of hydrogen-bond acceptors (Lipinski definition) is 8. The van der Waals surface area contributed by atoms with Gasteiger partial charge in [-0.3, -0.25) is 4.90 Å². The van der Waals surface area contributed by atoms with E-state index in [1.807, 2.05) is 20.0 Å². The van der Waals surface area contributed by atoms with Gasteiger partial charge < -0.3 is 20.5 Å². The molecule has 9 heteroatoms. The van der Waals surface area contributed by atoms with Crippen LogP contribution in [0, 0.1) is 22.9 Å². The molecule has 178 valence electrons. The Kier molecular flexibility index (Phi) is 8.01. The van der Waals surface area contributed by atoms with E-state index in [0.29, 0.717) is 29.6 Å². The van der Waals surface area contributed by atoms with Crippen molar-refractivity contribution in [3.05, 3.63) is 39.7 Å². The third kappa shape index (κ3) is 4.86. The summed E-state index contributed by atoms with van der Waals surface area (Å²) in [7, 11) is 1.97. The monoisotopic (exact) mass is 473 g/mol. The number of aliphatic hydroxyl groups is 1. The smallest absolute Gasteiger partial charge is 0.244 e. The van der Waals surface area contributed by atoms with Crippen LogP contribution >= 0.6 is 0 Å². The zero-order valence-corrected chi connectivity index (χ0v) is 20.8. The Balaban J connectivity index is 2.09. The summed E-state index contributed by atoms with van der Waals surface area (Å²) >= 11 is 5.66. The summed E-state index contributed by atoms with van der Waals surface area (Å²) in [5.74, 6) is 2.25. The van der Waals surface area contributed by atoms with E-state index in [1.165, 1.54) is 6.33 Å². The number of aliphatic hydroxyl groups excluding tert-OH is 1. The van der Waals surface area contributed by atoms with Crippen LogP contribution in [0.15, 0.2) is 12.4 Å². The molecule has 1 aromatic heterocycles. The lowest BCUT2D eigenvalue weighted by atomic mass is 9.85. The Morgan fingerprint density at radius 3 is 2.64 bits per heavy atom. The van der Waals surface area contributed by atoms with Gasteiger partial charge in [-0.25, -0.2) is 9.97 Å². The molecule has 0 amide bonds. The molecule has 0 spiro atoms. The predicted octanol–water partition coefficient (Wildman–Crippen LogP) is 2.74. The van der Waals surface area contributed by atoms with Gasteiger partial charge in [-0.1, -0.05) is 13.8 Å². The fraction of sp³-hybridized carbons (Fsp3) is 0.542. The molecule has 0 aliphatic carbocycles. The van der Waals surface area contributed by atoms with Gasteiger partial charge in [0.25, 0.3) is 0 Å². The number of β-amino-alcohol motifs (C(OH)–C–C–N with tert-alkyl or cyclic N) is 1. The van der Waals surface area contributed by atoms with Gasteiger partial charge in [-0.2, -0.15) is 5.26 Å². The summed E-state index contributed by atoms with van der Waals surface area (Å²) in [6, 6.07) is 4.06. The van der Waals surface area contributed by atoms with Gasteiger partial charge in [-0.05, 0) is 19.8 Å². The Hall–Kier alpha value is -2.60. The zero-order valence-electron chi connectivity index (χ0n) is 20.0. The Morgan fingerprint density at radius 1 is 1.36 bits per heavy atom. The van der Waals surface area contributed by atoms with Crippen LogP contribution in [-0.4, -0.2) is 59.9 Å². The number of anilines is 2. The number of halogens is 1. The number of nitrogens with zero attached hydrogens (tertiary/aromatic N) is 5. The number of likely N-dealkylation sites (tertiary alicyclic amines) is 1. The van der Waals surface area contributed by atoms with Gasteiger partial charge in [0, 0.05) is 55.4 Å². The van der Waals surface area contributed by atoms with Crippen LogP contribution in [-0.2, 0) is 0 Å². The van der Waals surface area contributed by atoms with Crippen molar-refractivity contribution < 1.29 is 21.4 Å². The summed E-state index contributed by atoms with van der Waals surface area (Å²) in [6.07, 6.45) is 1.48. The van der Waals surface area contributed by atoms with Crippen molar-refractivity contribution in [3.8, 4) is 11.8 Å². The highest BCUT2D eigenvalue weighted by atomic mass is 35.5. The quantitative estimate of drug-likeness (QED) is 0.571. The average Bonchev–Trinajstić information content (AvgIpc) is 2.75. The van der Waals surface area contributed by atoms with Gasteiger partial charge in [0.1, 0.15) is 35.3 Å². The van der Waals surface area contributed by atoms with Crippen LogP contribution in [0.4, 0.5) is 11.6 Å². The van der Waals surface area contributed by atoms with E-state index >= 15 is 0 Å². The minimum absolute atomic E-state index is 0.116. The van der Waals surface area contributed by atoms with Crippen LogP contribution in [0.25, 0.3) is 0 Å². The second-order valence-electron chi connectivity index (χ2n) is 8.74. The maximum Gasteiger partial charge on any atom is 0.244 e. The molecule has 1 saturated heterocycles. The van der Waals surface area contributed by atoms with Crippen LogP contribution in [0.2, 0.25) is 5.02 Å². The van der Waals surface area contributed by atoms with Crippen LogP contribution in [0.5, 0.6) is 5.75 Å². The molecule has 3 rings (SSSR count). The maximum atomic E-state index is 9.91. The molecule has 1 unspecified atom stereocenters. The van der Waals surface area contributed by atoms with Crippen molar-refractivity contribution in [1.29, 1.82) is 5.26 Å². The first-order chi connectivity index (χ1) is 15.7. The van der Waals surface area contributed by atoms with Crippen LogP contribution < -0.4 is 15.4 Å². The molecule has 1 fully saturated rings. The number of aromatic nitrogens is 2. The van der Waals surface area contributed by atoms with E-state index in [0.717, 1.165) is 41.3 Å². The highest BCUT2D eigenvalue weighted by Gasteiger charge is 2.37. The van der Waals surface area contributed by atoms with Crippen molar-refractivity contribution in [2.75, 3.05) is 50.5 Å². The first-order valence-corrected chi connectivity index (χ1v) is 11.7. The van der Waals surface area contributed by atoms with Crippen molar-refractivity contribution >= 4 is 11.6 Å². The molecule has 0 bridgehead atoms.